The van der Waals surface area contributed by atoms with E-state index in [1.165, 1.54) is 0 Å². The van der Waals surface area contributed by atoms with Gasteiger partial charge in [-0.2, -0.15) is 5.10 Å². The Labute approximate surface area is 170 Å². The molecule has 4 rings (SSSR count). The van der Waals surface area contributed by atoms with Crippen molar-refractivity contribution in [2.24, 2.45) is 5.41 Å². The van der Waals surface area contributed by atoms with E-state index < -0.39 is 0 Å². The average Bonchev–Trinajstić information content (AvgIpc) is 3.22. The molecule has 2 atom stereocenters. The number of benzene rings is 1. The van der Waals surface area contributed by atoms with Crippen molar-refractivity contribution in [2.75, 3.05) is 18.0 Å². The molecule has 8 nitrogen and oxygen atoms in total. The van der Waals surface area contributed by atoms with Gasteiger partial charge in [-0.15, -0.1) is 10.2 Å². The Bertz CT molecular complexity index is 964. The van der Waals surface area contributed by atoms with Crippen molar-refractivity contribution in [3.05, 3.63) is 36.8 Å². The van der Waals surface area contributed by atoms with Crippen LogP contribution in [0, 0.1) is 5.41 Å². The molecular weight excluding hydrogens is 366 g/mol. The quantitative estimate of drug-likeness (QED) is 0.629. The van der Waals surface area contributed by atoms with Crippen LogP contribution in [0.4, 0.5) is 5.95 Å². The van der Waals surface area contributed by atoms with E-state index in [0.717, 1.165) is 24.2 Å². The van der Waals surface area contributed by atoms with E-state index in [2.05, 4.69) is 63.3 Å². The first-order chi connectivity index (χ1) is 13.8. The molecule has 0 aliphatic carbocycles. The Morgan fingerprint density at radius 1 is 1.10 bits per heavy atom. The molecule has 1 fully saturated rings. The molecule has 0 amide bonds. The number of piperazine rings is 1. The minimum absolute atomic E-state index is 0.135. The number of rotatable bonds is 3. The van der Waals surface area contributed by atoms with Crippen molar-refractivity contribution in [1.82, 2.24) is 30.7 Å². The smallest absolute Gasteiger partial charge is 0.245 e. The van der Waals surface area contributed by atoms with E-state index in [-0.39, 0.29) is 11.2 Å². The summed E-state index contributed by atoms with van der Waals surface area (Å²) in [5.41, 5.74) is 3.07. The van der Waals surface area contributed by atoms with Crippen LogP contribution in [0.15, 0.2) is 36.8 Å². The summed E-state index contributed by atoms with van der Waals surface area (Å²) in [6.45, 7) is 10.5. The highest BCUT2D eigenvalue weighted by Gasteiger charge is 2.33. The van der Waals surface area contributed by atoms with Gasteiger partial charge in [-0.05, 0) is 30.0 Å². The van der Waals surface area contributed by atoms with Crippen molar-refractivity contribution in [2.45, 2.75) is 39.8 Å². The molecule has 0 spiro atoms. The van der Waals surface area contributed by atoms with E-state index >= 15 is 0 Å². The van der Waals surface area contributed by atoms with Crippen LogP contribution in [0.25, 0.3) is 22.4 Å². The van der Waals surface area contributed by atoms with Crippen LogP contribution in [-0.4, -0.2) is 55.7 Å². The maximum Gasteiger partial charge on any atom is 0.245 e. The number of anilines is 1. The predicted octanol–water partition coefficient (Wildman–Crippen LogP) is 2.85. The second-order valence-electron chi connectivity index (χ2n) is 8.75. The van der Waals surface area contributed by atoms with E-state index in [4.69, 9.17) is 0 Å². The van der Waals surface area contributed by atoms with Crippen LogP contribution >= 0.6 is 0 Å². The molecule has 0 bridgehead atoms. The molecule has 152 valence electrons. The number of aromatic amines is 1. The number of aromatic nitrogens is 5. The number of aromatic hydroxyl groups is 1. The summed E-state index contributed by atoms with van der Waals surface area (Å²) < 4.78 is 0. The summed E-state index contributed by atoms with van der Waals surface area (Å²) in [6, 6.07) is 6.12. The van der Waals surface area contributed by atoms with Crippen LogP contribution in [-0.2, 0) is 0 Å². The lowest BCUT2D eigenvalue weighted by atomic mass is 9.84. The van der Waals surface area contributed by atoms with Gasteiger partial charge >= 0.3 is 0 Å². The van der Waals surface area contributed by atoms with Crippen molar-refractivity contribution < 1.29 is 5.11 Å². The molecule has 1 saturated heterocycles. The Hall–Kier alpha value is -3.00. The molecule has 3 aromatic rings. The van der Waals surface area contributed by atoms with E-state index in [1.807, 2.05) is 12.1 Å². The fraction of sp³-hybridized carbons (Fsp3) is 0.429. The Kier molecular flexibility index (Phi) is 4.96. The Morgan fingerprint density at radius 3 is 2.55 bits per heavy atom. The highest BCUT2D eigenvalue weighted by Crippen LogP contribution is 2.32. The summed E-state index contributed by atoms with van der Waals surface area (Å²) in [6.07, 6.45) is 5.17. The monoisotopic (exact) mass is 393 g/mol. The zero-order chi connectivity index (χ0) is 20.6. The van der Waals surface area contributed by atoms with Crippen molar-refractivity contribution in [1.29, 1.82) is 0 Å². The molecule has 8 heteroatoms. The second kappa shape index (κ2) is 7.44. The highest BCUT2D eigenvalue weighted by atomic mass is 16.3. The fourth-order valence-electron chi connectivity index (χ4n) is 3.64. The van der Waals surface area contributed by atoms with Gasteiger partial charge in [0.15, 0.2) is 0 Å². The van der Waals surface area contributed by atoms with Crippen LogP contribution < -0.4 is 10.2 Å². The Balaban J connectivity index is 1.55. The number of nitrogens with one attached hydrogen (secondary N) is 2. The summed E-state index contributed by atoms with van der Waals surface area (Å²) in [5.74, 6) is 0.752. The highest BCUT2D eigenvalue weighted by molar-refractivity contribution is 5.73. The first-order valence-electron chi connectivity index (χ1n) is 9.84. The van der Waals surface area contributed by atoms with Crippen molar-refractivity contribution in [3.8, 4) is 28.1 Å². The number of H-pyrrole nitrogens is 1. The summed E-state index contributed by atoms with van der Waals surface area (Å²) >= 11 is 0. The number of nitrogens with zero attached hydrogens (tertiary/aromatic N) is 5. The van der Waals surface area contributed by atoms with Gasteiger partial charge < -0.3 is 15.3 Å². The third-order valence-electron chi connectivity index (χ3n) is 5.37. The molecule has 29 heavy (non-hydrogen) atoms. The maximum atomic E-state index is 10.5. The lowest BCUT2D eigenvalue weighted by molar-refractivity contribution is 0.227. The first-order valence-corrected chi connectivity index (χ1v) is 9.84. The van der Waals surface area contributed by atoms with Crippen LogP contribution in [0.2, 0.25) is 0 Å². The van der Waals surface area contributed by atoms with Gasteiger partial charge in [0.2, 0.25) is 5.95 Å². The van der Waals surface area contributed by atoms with Gasteiger partial charge in [0, 0.05) is 42.5 Å². The van der Waals surface area contributed by atoms with Crippen LogP contribution in [0.5, 0.6) is 5.75 Å². The van der Waals surface area contributed by atoms with Gasteiger partial charge in [0.05, 0.1) is 12.4 Å². The average molecular weight is 393 g/mol. The third kappa shape index (κ3) is 4.07. The number of phenolic OH excluding ortho intramolecular Hbond substituents is 1. The predicted molar refractivity (Wildman–Crippen MR) is 113 cm³/mol. The molecule has 0 saturated carbocycles. The fourth-order valence-corrected chi connectivity index (χ4v) is 3.64. The molecule has 3 N–H and O–H groups in total. The van der Waals surface area contributed by atoms with Gasteiger partial charge in [-0.1, -0.05) is 26.8 Å². The first kappa shape index (κ1) is 19.3. The summed E-state index contributed by atoms with van der Waals surface area (Å²) in [7, 11) is 0. The molecule has 1 aliphatic rings. The van der Waals surface area contributed by atoms with Crippen LogP contribution in [0.1, 0.15) is 27.7 Å². The van der Waals surface area contributed by atoms with Gasteiger partial charge in [0.1, 0.15) is 11.4 Å². The van der Waals surface area contributed by atoms with Gasteiger partial charge in [-0.25, -0.2) is 4.98 Å². The molecule has 3 heterocycles. The molecular formula is C21H27N7O. The van der Waals surface area contributed by atoms with Crippen molar-refractivity contribution >= 4 is 5.95 Å². The number of hydrogen-bond acceptors (Lipinski definition) is 7. The largest absolute Gasteiger partial charge is 0.507 e. The third-order valence-corrected chi connectivity index (χ3v) is 5.37. The van der Waals surface area contributed by atoms with Gasteiger partial charge in [-0.3, -0.25) is 5.10 Å². The molecule has 1 aromatic carbocycles. The molecule has 0 unspecified atom stereocenters. The van der Waals surface area contributed by atoms with Crippen molar-refractivity contribution in [3.63, 3.8) is 0 Å². The van der Waals surface area contributed by atoms with E-state index in [1.54, 1.807) is 24.7 Å². The normalized spacial score (nSPS) is 20.1. The number of phenols is 1. The van der Waals surface area contributed by atoms with E-state index in [9.17, 15) is 5.11 Å². The topological polar surface area (TPSA) is 103 Å². The Morgan fingerprint density at radius 2 is 1.93 bits per heavy atom. The summed E-state index contributed by atoms with van der Waals surface area (Å²) in [5, 5.41) is 29.5. The zero-order valence-electron chi connectivity index (χ0n) is 17.2. The van der Waals surface area contributed by atoms with Gasteiger partial charge in [0.25, 0.3) is 0 Å². The summed E-state index contributed by atoms with van der Waals surface area (Å²) in [4.78, 5) is 6.72. The molecule has 0 radical (unpaired) electrons. The second-order valence-corrected chi connectivity index (χ2v) is 8.75. The minimum Gasteiger partial charge on any atom is -0.507 e. The number of hydrogen-bond donors (Lipinski definition) is 3. The zero-order valence-corrected chi connectivity index (χ0v) is 17.2. The standard InChI is InChI=1S/C21H27N7O/c1-13-11-28(12-19(25-13)21(2,3)4)20-22-10-17(26-27-20)16-6-5-14(7-18(16)29)15-8-23-24-9-15/h5-10,13,19,25,29H,11-12H2,1-4H3,(H,23,24)/t13-,19-/m1/s1. The minimum atomic E-state index is 0.135. The maximum absolute atomic E-state index is 10.5. The molecule has 1 aliphatic heterocycles. The van der Waals surface area contributed by atoms with E-state index in [0.29, 0.717) is 29.3 Å². The lowest BCUT2D eigenvalue weighted by Gasteiger charge is -2.43. The molecule has 2 aromatic heterocycles. The lowest BCUT2D eigenvalue weighted by Crippen LogP contribution is -2.60. The SMILES string of the molecule is C[C@@H]1CN(c2ncc(-c3ccc(-c4cn[nH]c4)cc3O)nn2)C[C@H](C(C)(C)C)N1. The van der Waals surface area contributed by atoms with Crippen LogP contribution in [0.3, 0.4) is 0 Å².